The first-order valence-electron chi connectivity index (χ1n) is 4.45. The minimum Gasteiger partial charge on any atom is -0.382 e. The lowest BCUT2D eigenvalue weighted by Gasteiger charge is -2.09. The third-order valence-electron chi connectivity index (χ3n) is 1.93. The number of nitrogens with two attached hydrogens (primary N) is 1. The van der Waals surface area contributed by atoms with Crippen LogP contribution in [0.15, 0.2) is 11.4 Å². The fraction of sp³-hybridized carbons (Fsp3) is 0.625. The molecule has 0 fully saturated rings. The van der Waals surface area contributed by atoms with Crippen LogP contribution < -0.4 is 5.73 Å². The SMILES string of the molecule is CCS(=O)(=O)c1nc(N)cn1C(C)C. The molecule has 0 radical (unpaired) electrons. The number of aromatic nitrogens is 2. The average Bonchev–Trinajstić information content (AvgIpc) is 2.48. The summed E-state index contributed by atoms with van der Waals surface area (Å²) in [5.74, 6) is 0.279. The maximum Gasteiger partial charge on any atom is 0.229 e. The topological polar surface area (TPSA) is 78.0 Å². The lowest BCUT2D eigenvalue weighted by Crippen LogP contribution is -2.13. The van der Waals surface area contributed by atoms with Crippen molar-refractivity contribution in [2.45, 2.75) is 32.0 Å². The van der Waals surface area contributed by atoms with Crippen molar-refractivity contribution >= 4 is 15.7 Å². The summed E-state index contributed by atoms with van der Waals surface area (Å²) in [4.78, 5) is 3.83. The molecule has 0 bridgehead atoms. The summed E-state index contributed by atoms with van der Waals surface area (Å²) in [7, 11) is -3.28. The molecule has 0 aliphatic carbocycles. The summed E-state index contributed by atoms with van der Waals surface area (Å²) in [5, 5.41) is 0.0625. The monoisotopic (exact) mass is 217 g/mol. The summed E-state index contributed by atoms with van der Waals surface area (Å²) < 4.78 is 24.8. The van der Waals surface area contributed by atoms with Gasteiger partial charge >= 0.3 is 0 Å². The molecule has 0 aliphatic rings. The summed E-state index contributed by atoms with van der Waals surface area (Å²) in [6.07, 6.45) is 1.55. The first-order chi connectivity index (χ1) is 6.38. The Hall–Kier alpha value is -1.04. The Labute approximate surface area is 83.9 Å². The van der Waals surface area contributed by atoms with Crippen LogP contribution in [-0.2, 0) is 9.84 Å². The molecule has 0 unspecified atom stereocenters. The van der Waals surface area contributed by atoms with Gasteiger partial charge in [0.05, 0.1) is 5.75 Å². The first-order valence-corrected chi connectivity index (χ1v) is 6.10. The fourth-order valence-corrected chi connectivity index (χ4v) is 2.21. The number of anilines is 1. The molecule has 2 N–H and O–H groups in total. The predicted octanol–water partition coefficient (Wildman–Crippen LogP) is 0.840. The van der Waals surface area contributed by atoms with E-state index in [9.17, 15) is 8.42 Å². The maximum absolute atomic E-state index is 11.6. The Bertz CT molecular complexity index is 420. The zero-order chi connectivity index (χ0) is 10.9. The highest BCUT2D eigenvalue weighted by molar-refractivity contribution is 7.91. The molecule has 1 aromatic heterocycles. The van der Waals surface area contributed by atoms with Crippen molar-refractivity contribution < 1.29 is 8.42 Å². The van der Waals surface area contributed by atoms with Crippen molar-refractivity contribution in [1.82, 2.24) is 9.55 Å². The average molecular weight is 217 g/mol. The fourth-order valence-electron chi connectivity index (χ4n) is 1.12. The molecule has 1 aromatic rings. The van der Waals surface area contributed by atoms with E-state index in [2.05, 4.69) is 4.98 Å². The third kappa shape index (κ3) is 1.89. The van der Waals surface area contributed by atoms with Crippen LogP contribution in [0.2, 0.25) is 0 Å². The van der Waals surface area contributed by atoms with E-state index < -0.39 is 9.84 Å². The van der Waals surface area contributed by atoms with Crippen LogP contribution in [0, 0.1) is 0 Å². The van der Waals surface area contributed by atoms with Gasteiger partial charge in [0.1, 0.15) is 5.82 Å². The molecule has 0 aromatic carbocycles. The normalized spacial score (nSPS) is 12.3. The molecular weight excluding hydrogens is 202 g/mol. The molecule has 80 valence electrons. The van der Waals surface area contributed by atoms with E-state index in [4.69, 9.17) is 5.73 Å². The van der Waals surface area contributed by atoms with Gasteiger partial charge in [-0.05, 0) is 13.8 Å². The van der Waals surface area contributed by atoms with Crippen LogP contribution in [0.4, 0.5) is 5.82 Å². The molecule has 6 heteroatoms. The van der Waals surface area contributed by atoms with Crippen molar-refractivity contribution in [2.24, 2.45) is 0 Å². The number of nitrogens with zero attached hydrogens (tertiary/aromatic N) is 2. The van der Waals surface area contributed by atoms with Gasteiger partial charge in [-0.25, -0.2) is 13.4 Å². The number of imidazole rings is 1. The highest BCUT2D eigenvalue weighted by Gasteiger charge is 2.21. The van der Waals surface area contributed by atoms with E-state index in [-0.39, 0.29) is 22.8 Å². The van der Waals surface area contributed by atoms with Gasteiger partial charge in [-0.2, -0.15) is 0 Å². The molecule has 0 amide bonds. The molecular formula is C8H15N3O2S. The minimum atomic E-state index is -3.28. The van der Waals surface area contributed by atoms with Gasteiger partial charge in [-0.3, -0.25) is 0 Å². The second kappa shape index (κ2) is 3.61. The molecule has 0 spiro atoms. The van der Waals surface area contributed by atoms with E-state index in [1.54, 1.807) is 17.7 Å². The molecule has 1 rings (SSSR count). The van der Waals surface area contributed by atoms with Gasteiger partial charge < -0.3 is 10.3 Å². The molecule has 0 aliphatic heterocycles. The third-order valence-corrected chi connectivity index (χ3v) is 3.55. The highest BCUT2D eigenvalue weighted by Crippen LogP contribution is 2.17. The summed E-state index contributed by atoms with van der Waals surface area (Å²) in [5.41, 5.74) is 5.47. The van der Waals surface area contributed by atoms with E-state index in [1.807, 2.05) is 13.8 Å². The van der Waals surface area contributed by atoms with Gasteiger partial charge in [0.2, 0.25) is 15.0 Å². The Balaban J connectivity index is 3.34. The molecule has 0 saturated heterocycles. The van der Waals surface area contributed by atoms with Crippen LogP contribution in [0.5, 0.6) is 0 Å². The van der Waals surface area contributed by atoms with Crippen molar-refractivity contribution in [3.05, 3.63) is 6.20 Å². The zero-order valence-electron chi connectivity index (χ0n) is 8.56. The summed E-state index contributed by atoms with van der Waals surface area (Å²) in [6, 6.07) is 0.0381. The van der Waals surface area contributed by atoms with Gasteiger partial charge in [-0.15, -0.1) is 0 Å². The predicted molar refractivity (Wildman–Crippen MR) is 54.8 cm³/mol. The van der Waals surface area contributed by atoms with Crippen LogP contribution >= 0.6 is 0 Å². The summed E-state index contributed by atoms with van der Waals surface area (Å²) in [6.45, 7) is 5.36. The highest BCUT2D eigenvalue weighted by atomic mass is 32.2. The van der Waals surface area contributed by atoms with Gasteiger partial charge in [0.25, 0.3) is 0 Å². The van der Waals surface area contributed by atoms with Crippen molar-refractivity contribution in [2.75, 3.05) is 11.5 Å². The second-order valence-electron chi connectivity index (χ2n) is 3.35. The van der Waals surface area contributed by atoms with E-state index in [0.717, 1.165) is 0 Å². The molecule has 14 heavy (non-hydrogen) atoms. The molecule has 0 atom stereocenters. The van der Waals surface area contributed by atoms with Gasteiger partial charge in [0.15, 0.2) is 0 Å². The number of sulfone groups is 1. The van der Waals surface area contributed by atoms with E-state index in [1.165, 1.54) is 0 Å². The van der Waals surface area contributed by atoms with Crippen LogP contribution in [0.1, 0.15) is 26.8 Å². The molecule has 0 saturated carbocycles. The smallest absolute Gasteiger partial charge is 0.229 e. The number of hydrogen-bond donors (Lipinski definition) is 1. The second-order valence-corrected chi connectivity index (χ2v) is 5.52. The Morgan fingerprint density at radius 1 is 1.57 bits per heavy atom. The van der Waals surface area contributed by atoms with Crippen LogP contribution in [-0.4, -0.2) is 23.7 Å². The number of nitrogen functional groups attached to an aromatic ring is 1. The Morgan fingerprint density at radius 3 is 2.57 bits per heavy atom. The van der Waals surface area contributed by atoms with E-state index in [0.29, 0.717) is 0 Å². The van der Waals surface area contributed by atoms with Crippen molar-refractivity contribution in [3.63, 3.8) is 0 Å². The molecule has 1 heterocycles. The van der Waals surface area contributed by atoms with E-state index >= 15 is 0 Å². The van der Waals surface area contributed by atoms with Crippen molar-refractivity contribution in [3.8, 4) is 0 Å². The Kier molecular flexibility index (Phi) is 2.84. The lowest BCUT2D eigenvalue weighted by molar-refractivity contribution is 0.521. The minimum absolute atomic E-state index is 0.0379. The zero-order valence-corrected chi connectivity index (χ0v) is 9.37. The maximum atomic E-state index is 11.6. The van der Waals surface area contributed by atoms with Crippen molar-refractivity contribution in [1.29, 1.82) is 0 Å². The first kappa shape index (κ1) is 11.0. The van der Waals surface area contributed by atoms with Gasteiger partial charge in [0, 0.05) is 12.2 Å². The largest absolute Gasteiger partial charge is 0.382 e. The van der Waals surface area contributed by atoms with Crippen LogP contribution in [0.25, 0.3) is 0 Å². The standard InChI is InChI=1S/C8H15N3O2S/c1-4-14(12,13)8-10-7(9)5-11(8)6(2)3/h5-6H,4,9H2,1-3H3. The Morgan fingerprint density at radius 2 is 2.14 bits per heavy atom. The number of hydrogen-bond acceptors (Lipinski definition) is 4. The quantitative estimate of drug-likeness (QED) is 0.813. The van der Waals surface area contributed by atoms with Crippen LogP contribution in [0.3, 0.4) is 0 Å². The molecule has 5 nitrogen and oxygen atoms in total. The lowest BCUT2D eigenvalue weighted by atomic mass is 10.4. The van der Waals surface area contributed by atoms with Gasteiger partial charge in [-0.1, -0.05) is 6.92 Å². The summed E-state index contributed by atoms with van der Waals surface area (Å²) >= 11 is 0. The number of rotatable bonds is 3.